The Kier molecular flexibility index (Phi) is 8.67. The Morgan fingerprint density at radius 1 is 0.419 bits per heavy atom. The molecule has 0 amide bonds. The predicted molar refractivity (Wildman–Crippen MR) is 265 cm³/mol. The van der Waals surface area contributed by atoms with E-state index in [9.17, 15) is 0 Å². The van der Waals surface area contributed by atoms with Crippen molar-refractivity contribution in [3.05, 3.63) is 242 Å². The first-order valence-corrected chi connectivity index (χ1v) is 21.6. The van der Waals surface area contributed by atoms with Gasteiger partial charge in [-0.15, -0.1) is 0 Å². The maximum absolute atomic E-state index is 2.56. The van der Waals surface area contributed by atoms with Crippen molar-refractivity contribution in [1.29, 1.82) is 0 Å². The van der Waals surface area contributed by atoms with Crippen LogP contribution in [-0.2, 0) is 0 Å². The lowest BCUT2D eigenvalue weighted by Crippen LogP contribution is -2.30. The molecule has 1 atom stereocenters. The Bertz CT molecular complexity index is 3570. The molecule has 292 valence electrons. The van der Waals surface area contributed by atoms with Gasteiger partial charge in [0, 0.05) is 33.4 Å². The highest BCUT2D eigenvalue weighted by Gasteiger charge is 2.25. The molecule has 0 bridgehead atoms. The molecule has 1 aromatic heterocycles. The van der Waals surface area contributed by atoms with Gasteiger partial charge in [-0.05, 0) is 115 Å². The number of nitrogens with zero attached hydrogens (tertiary/aromatic N) is 2. The average molecular weight is 791 g/mol. The van der Waals surface area contributed by atoms with Crippen molar-refractivity contribution in [1.82, 2.24) is 4.57 Å². The third kappa shape index (κ3) is 6.11. The second-order valence-corrected chi connectivity index (χ2v) is 16.4. The highest BCUT2D eigenvalue weighted by atomic mass is 15.2. The zero-order chi connectivity index (χ0) is 41.0. The zero-order valence-corrected chi connectivity index (χ0v) is 34.2. The molecule has 1 heterocycles. The van der Waals surface area contributed by atoms with E-state index in [1.165, 1.54) is 93.2 Å². The van der Waals surface area contributed by atoms with Gasteiger partial charge >= 0.3 is 0 Å². The van der Waals surface area contributed by atoms with Crippen LogP contribution in [0.15, 0.2) is 237 Å². The Balaban J connectivity index is 0.976. The molecule has 0 saturated carbocycles. The fourth-order valence-electron chi connectivity index (χ4n) is 9.94. The minimum atomic E-state index is 0.0915. The molecular weight excluding hydrogens is 749 g/mol. The van der Waals surface area contributed by atoms with Crippen LogP contribution in [0, 0.1) is 0 Å². The lowest BCUT2D eigenvalue weighted by atomic mass is 9.92. The Morgan fingerprint density at radius 3 is 1.98 bits per heavy atom. The first-order chi connectivity index (χ1) is 30.7. The Morgan fingerprint density at radius 2 is 1.10 bits per heavy atom. The van der Waals surface area contributed by atoms with Gasteiger partial charge in [-0.1, -0.05) is 188 Å². The molecule has 11 aromatic rings. The molecule has 62 heavy (non-hydrogen) atoms. The molecule has 0 fully saturated rings. The molecule has 2 nitrogen and oxygen atoms in total. The first-order valence-electron chi connectivity index (χ1n) is 21.6. The second kappa shape index (κ2) is 15.0. The smallest absolute Gasteiger partial charge is 0.0560 e. The summed E-state index contributed by atoms with van der Waals surface area (Å²) in [7, 11) is 0. The number of para-hydroxylation sites is 2. The molecule has 1 aliphatic rings. The number of hydrogen-bond donors (Lipinski definition) is 0. The van der Waals surface area contributed by atoms with E-state index >= 15 is 0 Å². The fraction of sp³-hybridized carbons (Fsp3) is 0.0333. The lowest BCUT2D eigenvalue weighted by Gasteiger charge is -2.35. The molecule has 0 spiro atoms. The van der Waals surface area contributed by atoms with Gasteiger partial charge < -0.3 is 9.47 Å². The number of rotatable bonds is 7. The number of aromatic nitrogens is 1. The van der Waals surface area contributed by atoms with E-state index in [1.807, 2.05) is 0 Å². The van der Waals surface area contributed by atoms with Gasteiger partial charge in [-0.3, -0.25) is 0 Å². The average Bonchev–Trinajstić information content (AvgIpc) is 3.69. The van der Waals surface area contributed by atoms with Crippen molar-refractivity contribution in [2.45, 2.75) is 12.5 Å². The summed E-state index contributed by atoms with van der Waals surface area (Å²) in [5.74, 6) is 0. The van der Waals surface area contributed by atoms with Crippen LogP contribution in [0.5, 0.6) is 0 Å². The van der Waals surface area contributed by atoms with E-state index in [0.29, 0.717) is 0 Å². The molecule has 2 heteroatoms. The highest BCUT2D eigenvalue weighted by molar-refractivity contribution is 6.16. The van der Waals surface area contributed by atoms with Crippen molar-refractivity contribution in [3.8, 4) is 27.9 Å². The van der Waals surface area contributed by atoms with Gasteiger partial charge in [0.15, 0.2) is 0 Å². The number of allylic oxidation sites excluding steroid dienone is 2. The molecule has 0 radical (unpaired) electrons. The molecule has 10 aromatic carbocycles. The summed E-state index contributed by atoms with van der Waals surface area (Å²) < 4.78 is 2.43. The van der Waals surface area contributed by atoms with Crippen LogP contribution in [0.1, 0.15) is 12.0 Å². The van der Waals surface area contributed by atoms with Gasteiger partial charge in [0.25, 0.3) is 0 Å². The van der Waals surface area contributed by atoms with Crippen LogP contribution in [0.4, 0.5) is 11.4 Å². The molecular formula is C60H42N2. The van der Waals surface area contributed by atoms with Gasteiger partial charge in [-0.25, -0.2) is 0 Å². The Labute approximate surface area is 361 Å². The van der Waals surface area contributed by atoms with Crippen LogP contribution < -0.4 is 4.90 Å². The number of anilines is 2. The third-order valence-corrected chi connectivity index (χ3v) is 12.9. The quantitative estimate of drug-likeness (QED) is 0.146. The van der Waals surface area contributed by atoms with Crippen LogP contribution in [-0.4, -0.2) is 10.6 Å². The SMILES string of the molecule is C1=CC(N(c2cccc(-c3cccc4c3c3ccccc3n4-c3ccc4ccccc4c3)c2)c2ccccc2-c2ccccc2)CC=C1c1ccc2c(ccc3ccccc32)c1. The fourth-order valence-corrected chi connectivity index (χ4v) is 9.94. The minimum Gasteiger partial charge on any atom is -0.334 e. The summed E-state index contributed by atoms with van der Waals surface area (Å²) in [5.41, 5.74) is 13.2. The van der Waals surface area contributed by atoms with Gasteiger partial charge in [0.05, 0.1) is 17.1 Å². The minimum absolute atomic E-state index is 0.0915. The molecule has 0 saturated heterocycles. The summed E-state index contributed by atoms with van der Waals surface area (Å²) in [6.07, 6.45) is 8.04. The summed E-state index contributed by atoms with van der Waals surface area (Å²) >= 11 is 0. The topological polar surface area (TPSA) is 8.17 Å². The molecule has 0 aliphatic heterocycles. The van der Waals surface area contributed by atoms with E-state index in [1.54, 1.807) is 0 Å². The molecule has 1 aliphatic carbocycles. The lowest BCUT2D eigenvalue weighted by molar-refractivity contribution is 0.788. The van der Waals surface area contributed by atoms with Crippen LogP contribution in [0.25, 0.3) is 87.6 Å². The molecule has 0 N–H and O–H groups in total. The Hall–Kier alpha value is -7.94. The summed E-state index contributed by atoms with van der Waals surface area (Å²) in [6.45, 7) is 0. The second-order valence-electron chi connectivity index (χ2n) is 16.4. The maximum atomic E-state index is 2.56. The van der Waals surface area contributed by atoms with Gasteiger partial charge in [-0.2, -0.15) is 0 Å². The summed E-state index contributed by atoms with van der Waals surface area (Å²) in [4.78, 5) is 2.56. The third-order valence-electron chi connectivity index (χ3n) is 12.9. The van der Waals surface area contributed by atoms with Gasteiger partial charge in [0.1, 0.15) is 0 Å². The van der Waals surface area contributed by atoms with E-state index in [-0.39, 0.29) is 6.04 Å². The standard InChI is InChI=1S/C60H42N2/c1-2-15-43(16-3-1)54-22-8-10-25-57(54)61(49-34-30-42(31-35-49)46-33-37-53-48(38-46)29-28-44-17-6-7-21-52(44)53)50-20-12-19-47(40-50)55-24-13-27-59-60(55)56-23-9-11-26-58(56)62(59)51-36-32-41-14-4-5-18-45(41)39-51/h1-34,36-40,49H,35H2. The normalized spacial score (nSPS) is 13.9. The first kappa shape index (κ1) is 36.0. The summed E-state index contributed by atoms with van der Waals surface area (Å²) in [6, 6.07) is 80.1. The van der Waals surface area contributed by atoms with Crippen LogP contribution in [0.2, 0.25) is 0 Å². The largest absolute Gasteiger partial charge is 0.334 e. The van der Waals surface area contributed by atoms with Crippen molar-refractivity contribution in [2.75, 3.05) is 4.90 Å². The van der Waals surface area contributed by atoms with Crippen LogP contribution in [0.3, 0.4) is 0 Å². The molecule has 1 unspecified atom stereocenters. The number of benzene rings is 10. The number of hydrogen-bond acceptors (Lipinski definition) is 1. The van der Waals surface area contributed by atoms with Crippen LogP contribution >= 0.6 is 0 Å². The van der Waals surface area contributed by atoms with Crippen molar-refractivity contribution < 1.29 is 0 Å². The predicted octanol–water partition coefficient (Wildman–Crippen LogP) is 16.1. The highest BCUT2D eigenvalue weighted by Crippen LogP contribution is 2.43. The summed E-state index contributed by atoms with van der Waals surface area (Å²) in [5, 5.41) is 10.1. The van der Waals surface area contributed by atoms with E-state index < -0.39 is 0 Å². The monoisotopic (exact) mass is 790 g/mol. The van der Waals surface area contributed by atoms with Crippen molar-refractivity contribution >= 4 is 71.1 Å². The zero-order valence-electron chi connectivity index (χ0n) is 34.2. The van der Waals surface area contributed by atoms with Crippen molar-refractivity contribution in [2.24, 2.45) is 0 Å². The number of fused-ring (bicyclic) bond motifs is 7. The van der Waals surface area contributed by atoms with E-state index in [4.69, 9.17) is 0 Å². The maximum Gasteiger partial charge on any atom is 0.0560 e. The molecule has 12 rings (SSSR count). The van der Waals surface area contributed by atoms with E-state index in [2.05, 4.69) is 246 Å². The van der Waals surface area contributed by atoms with Crippen molar-refractivity contribution in [3.63, 3.8) is 0 Å². The van der Waals surface area contributed by atoms with Gasteiger partial charge in [0.2, 0.25) is 0 Å². The van der Waals surface area contributed by atoms with E-state index in [0.717, 1.165) is 17.8 Å².